The van der Waals surface area contributed by atoms with E-state index in [1.165, 1.54) is 0 Å². The molecule has 0 aromatic rings. The van der Waals surface area contributed by atoms with Crippen molar-refractivity contribution in [2.75, 3.05) is 12.4 Å². The molecule has 0 heterocycles. The molecule has 0 saturated carbocycles. The number of aliphatic hydroxyl groups excluding tert-OH is 1. The molecule has 0 saturated heterocycles. The number of hydrogen-bond acceptors (Lipinski definition) is 1. The summed E-state index contributed by atoms with van der Waals surface area (Å²) in [5, 5.41) is 8.35. The highest BCUT2D eigenvalue weighted by molar-refractivity contribution is 6.18. The lowest BCUT2D eigenvalue weighted by atomic mass is 10.4. The molecule has 1 atom stereocenters. The van der Waals surface area contributed by atoms with Crippen LogP contribution in [-0.4, -0.2) is 23.6 Å². The van der Waals surface area contributed by atoms with Gasteiger partial charge in [-0.3, -0.25) is 5.73 Å². The standard InChI is InChI=1S/C3H7ClNO/c4-1-3(6)2-5/h3,5-6H,1-2H2. The number of nitrogens with one attached hydrogen (secondary N) is 1. The predicted octanol–water partition coefficient (Wildman–Crippen LogP) is -0.131. The first-order valence-electron chi connectivity index (χ1n) is 1.70. The second-order valence-electron chi connectivity index (χ2n) is 1.01. The Morgan fingerprint density at radius 1 is 1.83 bits per heavy atom. The van der Waals surface area contributed by atoms with Gasteiger partial charge in [0, 0.05) is 12.4 Å². The van der Waals surface area contributed by atoms with Crippen molar-refractivity contribution in [1.82, 2.24) is 5.73 Å². The molecule has 6 heavy (non-hydrogen) atoms. The number of halogens is 1. The van der Waals surface area contributed by atoms with Crippen LogP contribution in [0.15, 0.2) is 0 Å². The van der Waals surface area contributed by atoms with E-state index in [1.54, 1.807) is 0 Å². The summed E-state index contributed by atoms with van der Waals surface area (Å²) in [5.41, 5.74) is 6.47. The molecule has 2 nitrogen and oxygen atoms in total. The Morgan fingerprint density at radius 3 is 2.33 bits per heavy atom. The van der Waals surface area contributed by atoms with Gasteiger partial charge in [0.2, 0.25) is 0 Å². The summed E-state index contributed by atoms with van der Waals surface area (Å²) in [6.07, 6.45) is -0.633. The van der Waals surface area contributed by atoms with E-state index in [0.717, 1.165) is 0 Å². The highest BCUT2D eigenvalue weighted by Gasteiger charge is 1.93. The van der Waals surface area contributed by atoms with Gasteiger partial charge < -0.3 is 5.11 Å². The van der Waals surface area contributed by atoms with Crippen molar-refractivity contribution < 1.29 is 5.11 Å². The highest BCUT2D eigenvalue weighted by Crippen LogP contribution is 1.81. The molecule has 3 heteroatoms. The van der Waals surface area contributed by atoms with Gasteiger partial charge in [0.05, 0.1) is 6.10 Å². The molecule has 0 aliphatic carbocycles. The molecule has 37 valence electrons. The molecule has 1 radical (unpaired) electrons. The molecule has 0 aliphatic heterocycles. The molecule has 2 N–H and O–H groups in total. The smallest absolute Gasteiger partial charge is 0.0813 e. The molecule has 0 aromatic carbocycles. The van der Waals surface area contributed by atoms with Crippen molar-refractivity contribution in [2.45, 2.75) is 6.10 Å². The van der Waals surface area contributed by atoms with E-state index < -0.39 is 6.10 Å². The Morgan fingerprint density at radius 2 is 2.33 bits per heavy atom. The van der Waals surface area contributed by atoms with Crippen LogP contribution in [0.1, 0.15) is 0 Å². The maximum Gasteiger partial charge on any atom is 0.0813 e. The number of rotatable bonds is 2. The molecule has 0 aliphatic rings. The van der Waals surface area contributed by atoms with Gasteiger partial charge in [-0.2, -0.15) is 0 Å². The lowest BCUT2D eigenvalue weighted by Crippen LogP contribution is -2.13. The average Bonchev–Trinajstić information content (AvgIpc) is 1.65. The van der Waals surface area contributed by atoms with Crippen LogP contribution in [0.3, 0.4) is 0 Å². The second kappa shape index (κ2) is 3.40. The largest absolute Gasteiger partial charge is 0.391 e. The first-order chi connectivity index (χ1) is 2.81. The minimum atomic E-state index is -0.633. The highest BCUT2D eigenvalue weighted by atomic mass is 35.5. The van der Waals surface area contributed by atoms with Gasteiger partial charge in [0.15, 0.2) is 0 Å². The lowest BCUT2D eigenvalue weighted by Gasteiger charge is -1.95. The van der Waals surface area contributed by atoms with Gasteiger partial charge >= 0.3 is 0 Å². The maximum absolute atomic E-state index is 8.35. The van der Waals surface area contributed by atoms with E-state index in [9.17, 15) is 0 Å². The molecule has 0 spiro atoms. The van der Waals surface area contributed by atoms with E-state index in [1.807, 2.05) is 0 Å². The van der Waals surface area contributed by atoms with Gasteiger partial charge in [0.1, 0.15) is 0 Å². The molecule has 0 bridgehead atoms. The van der Waals surface area contributed by atoms with Crippen LogP contribution in [0.2, 0.25) is 0 Å². The van der Waals surface area contributed by atoms with Gasteiger partial charge in [-0.15, -0.1) is 11.6 Å². The summed E-state index contributed by atoms with van der Waals surface area (Å²) in [7, 11) is 0. The number of alkyl halides is 1. The van der Waals surface area contributed by atoms with Crippen molar-refractivity contribution >= 4 is 11.6 Å². The third-order valence-corrected chi connectivity index (χ3v) is 0.770. The van der Waals surface area contributed by atoms with Crippen LogP contribution < -0.4 is 5.73 Å². The quantitative estimate of drug-likeness (QED) is 0.492. The van der Waals surface area contributed by atoms with Crippen molar-refractivity contribution in [3.8, 4) is 0 Å². The SMILES string of the molecule is [NH]CC(O)CCl. The first-order valence-corrected chi connectivity index (χ1v) is 2.23. The van der Waals surface area contributed by atoms with E-state index in [2.05, 4.69) is 0 Å². The molecular weight excluding hydrogens is 101 g/mol. The summed E-state index contributed by atoms with van der Waals surface area (Å²) in [6.45, 7) is 0.00347. The van der Waals surface area contributed by atoms with Crippen molar-refractivity contribution in [3.63, 3.8) is 0 Å². The van der Waals surface area contributed by atoms with Crippen molar-refractivity contribution in [2.24, 2.45) is 0 Å². The third-order valence-electron chi connectivity index (χ3n) is 0.414. The summed E-state index contributed by atoms with van der Waals surface area (Å²) in [4.78, 5) is 0. The Labute approximate surface area is 41.9 Å². The summed E-state index contributed by atoms with van der Waals surface area (Å²) < 4.78 is 0. The monoisotopic (exact) mass is 108 g/mol. The fourth-order valence-corrected chi connectivity index (χ4v) is 0.164. The summed E-state index contributed by atoms with van der Waals surface area (Å²) in [5.74, 6) is 0.170. The molecule has 0 rings (SSSR count). The van der Waals surface area contributed by atoms with Crippen LogP contribution >= 0.6 is 11.6 Å². The minimum absolute atomic E-state index is 0.00347. The van der Waals surface area contributed by atoms with Crippen molar-refractivity contribution in [3.05, 3.63) is 0 Å². The third kappa shape index (κ3) is 2.45. The fourth-order valence-electron chi connectivity index (χ4n) is 0.0546. The van der Waals surface area contributed by atoms with Gasteiger partial charge in [0.25, 0.3) is 0 Å². The minimum Gasteiger partial charge on any atom is -0.391 e. The summed E-state index contributed by atoms with van der Waals surface area (Å²) in [6, 6.07) is 0. The number of hydrogen-bond donors (Lipinski definition) is 1. The van der Waals surface area contributed by atoms with Crippen LogP contribution in [0.25, 0.3) is 0 Å². The molecular formula is C3H7ClNO. The summed E-state index contributed by atoms with van der Waals surface area (Å²) >= 11 is 5.08. The van der Waals surface area contributed by atoms with Crippen LogP contribution in [0.5, 0.6) is 0 Å². The Bertz CT molecular complexity index is 30.0. The number of aliphatic hydroxyl groups is 1. The Balaban J connectivity index is 2.75. The van der Waals surface area contributed by atoms with E-state index in [0.29, 0.717) is 0 Å². The van der Waals surface area contributed by atoms with E-state index in [-0.39, 0.29) is 12.4 Å². The van der Waals surface area contributed by atoms with Crippen LogP contribution in [0, 0.1) is 0 Å². The van der Waals surface area contributed by atoms with Gasteiger partial charge in [-0.25, -0.2) is 0 Å². The zero-order chi connectivity index (χ0) is 4.99. The lowest BCUT2D eigenvalue weighted by molar-refractivity contribution is 0.205. The molecule has 0 aromatic heterocycles. The normalized spacial score (nSPS) is 14.5. The van der Waals surface area contributed by atoms with E-state index >= 15 is 0 Å². The second-order valence-corrected chi connectivity index (χ2v) is 1.32. The van der Waals surface area contributed by atoms with Crippen LogP contribution in [0.4, 0.5) is 0 Å². The van der Waals surface area contributed by atoms with Gasteiger partial charge in [-0.1, -0.05) is 0 Å². The zero-order valence-corrected chi connectivity index (χ0v) is 4.07. The molecule has 0 fully saturated rings. The fraction of sp³-hybridized carbons (Fsp3) is 1.00. The first kappa shape index (κ1) is 6.21. The zero-order valence-electron chi connectivity index (χ0n) is 3.32. The average molecular weight is 109 g/mol. The van der Waals surface area contributed by atoms with Gasteiger partial charge in [-0.05, 0) is 0 Å². The van der Waals surface area contributed by atoms with Crippen LogP contribution in [-0.2, 0) is 0 Å². The molecule has 1 unspecified atom stereocenters. The Hall–Kier alpha value is 0.210. The topological polar surface area (TPSA) is 44.0 Å². The predicted molar refractivity (Wildman–Crippen MR) is 24.7 cm³/mol. The van der Waals surface area contributed by atoms with Crippen molar-refractivity contribution in [1.29, 1.82) is 0 Å². The molecule has 0 amide bonds. The Kier molecular flexibility index (Phi) is 3.52. The van der Waals surface area contributed by atoms with E-state index in [4.69, 9.17) is 22.4 Å². The maximum atomic E-state index is 8.35.